The molecule has 0 radical (unpaired) electrons. The van der Waals surface area contributed by atoms with Crippen molar-refractivity contribution in [1.82, 2.24) is 0 Å². The van der Waals surface area contributed by atoms with E-state index in [0.717, 1.165) is 0 Å². The average molecular weight is 282 g/mol. The van der Waals surface area contributed by atoms with Crippen LogP contribution in [0.4, 0.5) is 5.69 Å². The SMILES string of the molecule is Cl.NC1CC(=O)N(c2cc(Cl)cc(Cl)c2)C1. The van der Waals surface area contributed by atoms with Gasteiger partial charge in [-0.1, -0.05) is 23.2 Å². The van der Waals surface area contributed by atoms with Gasteiger partial charge in [-0.05, 0) is 18.2 Å². The Labute approximate surface area is 110 Å². The molecule has 1 atom stereocenters. The van der Waals surface area contributed by atoms with Crippen LogP contribution in [0, 0.1) is 0 Å². The smallest absolute Gasteiger partial charge is 0.228 e. The van der Waals surface area contributed by atoms with Gasteiger partial charge in [0.05, 0.1) is 0 Å². The highest BCUT2D eigenvalue weighted by molar-refractivity contribution is 6.35. The molecule has 0 aliphatic carbocycles. The van der Waals surface area contributed by atoms with Gasteiger partial charge in [0.1, 0.15) is 0 Å². The Morgan fingerprint density at radius 3 is 2.25 bits per heavy atom. The summed E-state index contributed by atoms with van der Waals surface area (Å²) in [6.07, 6.45) is 0.379. The summed E-state index contributed by atoms with van der Waals surface area (Å²) in [6, 6.07) is 4.95. The number of anilines is 1. The Balaban J connectivity index is 0.00000128. The zero-order valence-corrected chi connectivity index (χ0v) is 10.6. The van der Waals surface area contributed by atoms with E-state index in [1.807, 2.05) is 0 Å². The number of halogens is 3. The molecule has 1 fully saturated rings. The molecule has 0 spiro atoms. The minimum Gasteiger partial charge on any atom is -0.326 e. The van der Waals surface area contributed by atoms with Crippen LogP contribution in [0.3, 0.4) is 0 Å². The van der Waals surface area contributed by atoms with Crippen LogP contribution in [0.15, 0.2) is 18.2 Å². The molecule has 88 valence electrons. The molecule has 0 aromatic heterocycles. The van der Waals surface area contributed by atoms with E-state index in [2.05, 4.69) is 0 Å². The van der Waals surface area contributed by atoms with Gasteiger partial charge in [-0.2, -0.15) is 0 Å². The summed E-state index contributed by atoms with van der Waals surface area (Å²) in [4.78, 5) is 13.2. The Hall–Kier alpha value is -0.480. The minimum atomic E-state index is -0.102. The van der Waals surface area contributed by atoms with Crippen molar-refractivity contribution in [3.05, 3.63) is 28.2 Å². The van der Waals surface area contributed by atoms with Crippen LogP contribution in [-0.4, -0.2) is 18.5 Å². The molecule has 1 amide bonds. The van der Waals surface area contributed by atoms with Crippen molar-refractivity contribution in [2.24, 2.45) is 5.73 Å². The van der Waals surface area contributed by atoms with Crippen molar-refractivity contribution in [2.75, 3.05) is 11.4 Å². The molecular weight excluding hydrogens is 270 g/mol. The summed E-state index contributed by atoms with van der Waals surface area (Å²) in [5.74, 6) is 0.0147. The van der Waals surface area contributed by atoms with Crippen molar-refractivity contribution in [3.8, 4) is 0 Å². The molecular formula is C10H11Cl3N2O. The van der Waals surface area contributed by atoms with Gasteiger partial charge in [0.25, 0.3) is 0 Å². The van der Waals surface area contributed by atoms with Gasteiger partial charge < -0.3 is 10.6 Å². The van der Waals surface area contributed by atoms with Gasteiger partial charge in [0.15, 0.2) is 0 Å². The Kier molecular flexibility index (Phi) is 4.44. The third-order valence-corrected chi connectivity index (χ3v) is 2.75. The summed E-state index contributed by atoms with van der Waals surface area (Å²) in [5, 5.41) is 1.04. The van der Waals surface area contributed by atoms with Crippen molar-refractivity contribution >= 4 is 47.2 Å². The lowest BCUT2D eigenvalue weighted by molar-refractivity contribution is -0.117. The van der Waals surface area contributed by atoms with Crippen LogP contribution in [0.5, 0.6) is 0 Å². The van der Waals surface area contributed by atoms with Gasteiger partial charge in [0, 0.05) is 34.7 Å². The highest BCUT2D eigenvalue weighted by Gasteiger charge is 2.28. The van der Waals surface area contributed by atoms with Crippen molar-refractivity contribution in [2.45, 2.75) is 12.5 Å². The number of carbonyl (C=O) groups excluding carboxylic acids is 1. The maximum absolute atomic E-state index is 11.6. The van der Waals surface area contributed by atoms with E-state index in [1.54, 1.807) is 23.1 Å². The number of nitrogens with two attached hydrogens (primary N) is 1. The fourth-order valence-corrected chi connectivity index (χ4v) is 2.19. The zero-order chi connectivity index (χ0) is 11.0. The van der Waals surface area contributed by atoms with E-state index in [0.29, 0.717) is 28.7 Å². The highest BCUT2D eigenvalue weighted by atomic mass is 35.5. The minimum absolute atomic E-state index is 0. The molecule has 0 bridgehead atoms. The van der Waals surface area contributed by atoms with Gasteiger partial charge >= 0.3 is 0 Å². The highest BCUT2D eigenvalue weighted by Crippen LogP contribution is 2.28. The number of rotatable bonds is 1. The number of carbonyl (C=O) groups is 1. The Bertz CT molecular complexity index is 391. The van der Waals surface area contributed by atoms with Crippen molar-refractivity contribution in [3.63, 3.8) is 0 Å². The van der Waals surface area contributed by atoms with Crippen LogP contribution in [0.25, 0.3) is 0 Å². The standard InChI is InChI=1S/C10H10Cl2N2O.ClH/c11-6-1-7(12)3-9(2-6)14-5-8(13)4-10(14)15;/h1-3,8H,4-5,13H2;1H. The van der Waals surface area contributed by atoms with Crippen LogP contribution in [0.1, 0.15) is 6.42 Å². The summed E-state index contributed by atoms with van der Waals surface area (Å²) < 4.78 is 0. The lowest BCUT2D eigenvalue weighted by Gasteiger charge is -2.16. The molecule has 1 heterocycles. The molecule has 2 N–H and O–H groups in total. The maximum Gasteiger partial charge on any atom is 0.228 e. The lowest BCUT2D eigenvalue weighted by atomic mass is 10.3. The molecule has 6 heteroatoms. The van der Waals surface area contributed by atoms with E-state index in [4.69, 9.17) is 28.9 Å². The van der Waals surface area contributed by atoms with Gasteiger partial charge in [-0.25, -0.2) is 0 Å². The molecule has 2 rings (SSSR count). The number of nitrogens with zero attached hydrogens (tertiary/aromatic N) is 1. The summed E-state index contributed by atoms with van der Waals surface area (Å²) >= 11 is 11.7. The molecule has 0 saturated carbocycles. The maximum atomic E-state index is 11.6. The monoisotopic (exact) mass is 280 g/mol. The van der Waals surface area contributed by atoms with Gasteiger partial charge in [-0.15, -0.1) is 12.4 Å². The van der Waals surface area contributed by atoms with Crippen LogP contribution < -0.4 is 10.6 Å². The van der Waals surface area contributed by atoms with Gasteiger partial charge in [0.2, 0.25) is 5.91 Å². The predicted molar refractivity (Wildman–Crippen MR) is 68.7 cm³/mol. The molecule has 16 heavy (non-hydrogen) atoms. The van der Waals surface area contributed by atoms with Crippen LogP contribution >= 0.6 is 35.6 Å². The van der Waals surface area contributed by atoms with Crippen LogP contribution in [0.2, 0.25) is 10.0 Å². The number of hydrogen-bond donors (Lipinski definition) is 1. The summed E-state index contributed by atoms with van der Waals surface area (Å²) in [5.41, 5.74) is 6.41. The Morgan fingerprint density at radius 2 is 1.81 bits per heavy atom. The molecule has 1 saturated heterocycles. The molecule has 1 aromatic rings. The molecule has 1 aromatic carbocycles. The van der Waals surface area contributed by atoms with Crippen LogP contribution in [-0.2, 0) is 4.79 Å². The molecule has 1 unspecified atom stereocenters. The summed E-state index contributed by atoms with van der Waals surface area (Å²) in [6.45, 7) is 0.523. The fourth-order valence-electron chi connectivity index (χ4n) is 1.68. The van der Waals surface area contributed by atoms with E-state index >= 15 is 0 Å². The second-order valence-corrected chi connectivity index (χ2v) is 4.47. The second-order valence-electron chi connectivity index (χ2n) is 3.60. The molecule has 1 aliphatic heterocycles. The van der Waals surface area contributed by atoms with Gasteiger partial charge in [-0.3, -0.25) is 4.79 Å². The summed E-state index contributed by atoms with van der Waals surface area (Å²) in [7, 11) is 0. The first kappa shape index (κ1) is 13.6. The predicted octanol–water partition coefficient (Wildman–Crippen LogP) is 2.48. The topological polar surface area (TPSA) is 46.3 Å². The molecule has 3 nitrogen and oxygen atoms in total. The second kappa shape index (κ2) is 5.23. The first-order valence-electron chi connectivity index (χ1n) is 4.58. The van der Waals surface area contributed by atoms with Crippen molar-refractivity contribution in [1.29, 1.82) is 0 Å². The Morgan fingerprint density at radius 1 is 1.25 bits per heavy atom. The third-order valence-electron chi connectivity index (χ3n) is 2.31. The normalized spacial score (nSPS) is 19.8. The van der Waals surface area contributed by atoms with E-state index in [1.165, 1.54) is 0 Å². The number of hydrogen-bond acceptors (Lipinski definition) is 2. The number of amides is 1. The van der Waals surface area contributed by atoms with E-state index in [9.17, 15) is 4.79 Å². The zero-order valence-electron chi connectivity index (χ0n) is 8.32. The molecule has 1 aliphatic rings. The third kappa shape index (κ3) is 2.80. The van der Waals surface area contributed by atoms with E-state index < -0.39 is 0 Å². The lowest BCUT2D eigenvalue weighted by Crippen LogP contribution is -2.27. The van der Waals surface area contributed by atoms with E-state index in [-0.39, 0.29) is 24.4 Å². The first-order chi connectivity index (χ1) is 7.06. The number of benzene rings is 1. The fraction of sp³-hybridized carbons (Fsp3) is 0.300. The van der Waals surface area contributed by atoms with Crippen molar-refractivity contribution < 1.29 is 4.79 Å². The first-order valence-corrected chi connectivity index (χ1v) is 5.34. The quantitative estimate of drug-likeness (QED) is 0.859. The average Bonchev–Trinajstić information content (AvgIpc) is 2.43. The largest absolute Gasteiger partial charge is 0.326 e.